The third-order valence-electron chi connectivity index (χ3n) is 4.14. The standard InChI is InChI=1S/C21H19BrClN3O4S/c1-3-18-24-21(26-25-18)31-17(20(27)28)10-12-8-14(22)19(16(9-12)29-2)30-11-13-6-4-5-7-15(13)23/h4-10H,3,11H2,1-2H3,(H,27,28)(H,24,25,26)/b17-10-. The fraction of sp³-hybridized carbons (Fsp3) is 0.190. The monoisotopic (exact) mass is 523 g/mol. The summed E-state index contributed by atoms with van der Waals surface area (Å²) in [6.45, 7) is 2.19. The molecule has 0 saturated carbocycles. The first-order valence-corrected chi connectivity index (χ1v) is 11.2. The highest BCUT2D eigenvalue weighted by molar-refractivity contribution is 9.10. The van der Waals surface area contributed by atoms with Crippen LogP contribution in [0.5, 0.6) is 11.5 Å². The van der Waals surface area contributed by atoms with Crippen LogP contribution in [0.25, 0.3) is 6.08 Å². The van der Waals surface area contributed by atoms with Crippen LogP contribution in [0.4, 0.5) is 0 Å². The number of rotatable bonds is 9. The Labute approximate surface area is 197 Å². The van der Waals surface area contributed by atoms with E-state index in [4.69, 9.17) is 21.1 Å². The van der Waals surface area contributed by atoms with Crippen LogP contribution in [-0.4, -0.2) is 33.4 Å². The van der Waals surface area contributed by atoms with Gasteiger partial charge in [0, 0.05) is 17.0 Å². The molecule has 0 atom stereocenters. The number of methoxy groups -OCH3 is 1. The molecule has 0 saturated heterocycles. The quantitative estimate of drug-likeness (QED) is 0.278. The lowest BCUT2D eigenvalue weighted by Crippen LogP contribution is -2.00. The number of ether oxygens (including phenoxy) is 2. The van der Waals surface area contributed by atoms with Crippen molar-refractivity contribution in [3.8, 4) is 11.5 Å². The fourth-order valence-corrected chi connectivity index (χ4v) is 4.09. The Kier molecular flexibility index (Phi) is 8.00. The summed E-state index contributed by atoms with van der Waals surface area (Å²) in [6.07, 6.45) is 2.21. The van der Waals surface area contributed by atoms with E-state index in [9.17, 15) is 9.90 Å². The number of aryl methyl sites for hydroxylation is 1. The van der Waals surface area contributed by atoms with E-state index in [0.29, 0.717) is 44.0 Å². The predicted molar refractivity (Wildman–Crippen MR) is 124 cm³/mol. The number of nitrogens with zero attached hydrogens (tertiary/aromatic N) is 2. The van der Waals surface area contributed by atoms with Crippen LogP contribution in [0.3, 0.4) is 0 Å². The van der Waals surface area contributed by atoms with Gasteiger partial charge in [-0.05, 0) is 57.5 Å². The smallest absolute Gasteiger partial charge is 0.342 e. The molecule has 0 spiro atoms. The summed E-state index contributed by atoms with van der Waals surface area (Å²) in [4.78, 5) is 16.1. The van der Waals surface area contributed by atoms with Crippen molar-refractivity contribution in [1.82, 2.24) is 15.2 Å². The topological polar surface area (TPSA) is 97.3 Å². The Morgan fingerprint density at radius 2 is 2.13 bits per heavy atom. The zero-order valence-electron chi connectivity index (χ0n) is 16.7. The summed E-state index contributed by atoms with van der Waals surface area (Å²) >= 11 is 10.6. The number of carboxylic acid groups (broad SMARTS) is 1. The van der Waals surface area contributed by atoms with Crippen molar-refractivity contribution in [3.05, 3.63) is 67.7 Å². The minimum atomic E-state index is -1.08. The fourth-order valence-electron chi connectivity index (χ4n) is 2.59. The van der Waals surface area contributed by atoms with Gasteiger partial charge in [-0.15, -0.1) is 5.10 Å². The van der Waals surface area contributed by atoms with Gasteiger partial charge in [-0.2, -0.15) is 0 Å². The SMILES string of the molecule is CCc1nc(S/C(=C\c2cc(Br)c(OCc3ccccc3Cl)c(OC)c2)C(=O)O)n[nH]1. The number of carboxylic acids is 1. The third-order valence-corrected chi connectivity index (χ3v) is 5.97. The Morgan fingerprint density at radius 1 is 1.35 bits per heavy atom. The molecule has 1 heterocycles. The minimum absolute atomic E-state index is 0.0698. The zero-order chi connectivity index (χ0) is 22.4. The first-order valence-electron chi connectivity index (χ1n) is 9.19. The first-order chi connectivity index (χ1) is 14.9. The second-order valence-electron chi connectivity index (χ2n) is 6.25. The number of hydrogen-bond donors (Lipinski definition) is 2. The average molecular weight is 525 g/mol. The number of hydrogen-bond acceptors (Lipinski definition) is 6. The van der Waals surface area contributed by atoms with E-state index in [-0.39, 0.29) is 11.5 Å². The summed E-state index contributed by atoms with van der Waals surface area (Å²) in [7, 11) is 1.52. The predicted octanol–water partition coefficient (Wildman–Crippen LogP) is 5.59. The molecule has 1 aromatic heterocycles. The highest BCUT2D eigenvalue weighted by Crippen LogP contribution is 2.39. The van der Waals surface area contributed by atoms with Gasteiger partial charge in [0.2, 0.25) is 5.16 Å². The summed E-state index contributed by atoms with van der Waals surface area (Å²) in [5, 5.41) is 17.4. The number of H-pyrrole nitrogens is 1. The molecule has 0 bridgehead atoms. The van der Waals surface area contributed by atoms with Crippen LogP contribution in [0.1, 0.15) is 23.9 Å². The molecule has 0 amide bonds. The summed E-state index contributed by atoms with van der Waals surface area (Å²) in [6, 6.07) is 10.9. The van der Waals surface area contributed by atoms with E-state index in [2.05, 4.69) is 31.1 Å². The van der Waals surface area contributed by atoms with E-state index in [1.807, 2.05) is 25.1 Å². The molecule has 3 aromatic rings. The lowest BCUT2D eigenvalue weighted by molar-refractivity contribution is -0.131. The molecule has 0 fully saturated rings. The normalized spacial score (nSPS) is 11.4. The summed E-state index contributed by atoms with van der Waals surface area (Å²) in [5.41, 5.74) is 1.45. The largest absolute Gasteiger partial charge is 0.493 e. The van der Waals surface area contributed by atoms with Crippen molar-refractivity contribution in [3.63, 3.8) is 0 Å². The highest BCUT2D eigenvalue weighted by atomic mass is 79.9. The van der Waals surface area contributed by atoms with Crippen LogP contribution in [0, 0.1) is 0 Å². The molecule has 162 valence electrons. The highest BCUT2D eigenvalue weighted by Gasteiger charge is 2.16. The van der Waals surface area contributed by atoms with Gasteiger partial charge in [0.1, 0.15) is 17.3 Å². The molecule has 7 nitrogen and oxygen atoms in total. The van der Waals surface area contributed by atoms with Crippen LogP contribution >= 0.6 is 39.3 Å². The lowest BCUT2D eigenvalue weighted by atomic mass is 10.2. The van der Waals surface area contributed by atoms with Gasteiger partial charge in [-0.1, -0.05) is 36.7 Å². The van der Waals surface area contributed by atoms with Gasteiger partial charge in [-0.25, -0.2) is 9.78 Å². The van der Waals surface area contributed by atoms with Crippen molar-refractivity contribution in [2.45, 2.75) is 25.1 Å². The second kappa shape index (κ2) is 10.7. The molecule has 2 aromatic carbocycles. The van der Waals surface area contributed by atoms with Gasteiger partial charge in [-0.3, -0.25) is 5.10 Å². The van der Waals surface area contributed by atoms with E-state index in [1.165, 1.54) is 13.2 Å². The maximum Gasteiger partial charge on any atom is 0.342 e. The Hall–Kier alpha value is -2.49. The number of halogens is 2. The third kappa shape index (κ3) is 6.03. The molecule has 0 radical (unpaired) electrons. The molecular weight excluding hydrogens is 506 g/mol. The molecule has 0 unspecified atom stereocenters. The van der Waals surface area contributed by atoms with Crippen LogP contribution in [0.15, 0.2) is 50.9 Å². The number of benzene rings is 2. The summed E-state index contributed by atoms with van der Waals surface area (Å²) < 4.78 is 12.0. The summed E-state index contributed by atoms with van der Waals surface area (Å²) in [5.74, 6) is 0.554. The maximum atomic E-state index is 11.7. The van der Waals surface area contributed by atoms with Crippen molar-refractivity contribution in [2.75, 3.05) is 7.11 Å². The number of nitrogens with one attached hydrogen (secondary N) is 1. The van der Waals surface area contributed by atoms with Gasteiger partial charge in [0.05, 0.1) is 11.6 Å². The van der Waals surface area contributed by atoms with Crippen molar-refractivity contribution >= 4 is 51.3 Å². The van der Waals surface area contributed by atoms with Crippen LogP contribution < -0.4 is 9.47 Å². The van der Waals surface area contributed by atoms with E-state index < -0.39 is 5.97 Å². The molecule has 10 heteroatoms. The second-order valence-corrected chi connectivity index (χ2v) is 8.52. The number of aromatic nitrogens is 3. The van der Waals surface area contributed by atoms with Crippen molar-refractivity contribution in [2.24, 2.45) is 0 Å². The van der Waals surface area contributed by atoms with E-state index in [0.717, 1.165) is 17.3 Å². The number of carbonyl (C=O) groups is 1. The minimum Gasteiger partial charge on any atom is -0.493 e. The average Bonchev–Trinajstić information content (AvgIpc) is 3.21. The molecule has 0 aliphatic rings. The number of thioether (sulfide) groups is 1. The molecular formula is C21H19BrClN3O4S. The van der Waals surface area contributed by atoms with Crippen LogP contribution in [0.2, 0.25) is 5.02 Å². The van der Waals surface area contributed by atoms with Crippen LogP contribution in [-0.2, 0) is 17.8 Å². The Bertz CT molecular complexity index is 1120. The maximum absolute atomic E-state index is 11.7. The molecule has 2 N–H and O–H groups in total. The van der Waals surface area contributed by atoms with E-state index in [1.54, 1.807) is 18.2 Å². The molecule has 0 aliphatic carbocycles. The van der Waals surface area contributed by atoms with Gasteiger partial charge in [0.15, 0.2) is 11.5 Å². The molecule has 31 heavy (non-hydrogen) atoms. The van der Waals surface area contributed by atoms with Gasteiger partial charge in [0.25, 0.3) is 0 Å². The number of aromatic amines is 1. The Balaban J connectivity index is 1.86. The number of aliphatic carboxylic acids is 1. The van der Waals surface area contributed by atoms with Crippen molar-refractivity contribution < 1.29 is 19.4 Å². The molecule has 0 aliphatic heterocycles. The van der Waals surface area contributed by atoms with E-state index >= 15 is 0 Å². The van der Waals surface area contributed by atoms with Crippen molar-refractivity contribution in [1.29, 1.82) is 0 Å². The van der Waals surface area contributed by atoms with Gasteiger partial charge >= 0.3 is 5.97 Å². The lowest BCUT2D eigenvalue weighted by Gasteiger charge is -2.14. The first kappa shape index (κ1) is 23.2. The zero-order valence-corrected chi connectivity index (χ0v) is 19.8. The molecule has 3 rings (SSSR count). The Morgan fingerprint density at radius 3 is 2.77 bits per heavy atom. The van der Waals surface area contributed by atoms with Gasteiger partial charge < -0.3 is 14.6 Å².